The molecule has 3 N–H and O–H groups in total. The van der Waals surface area contributed by atoms with Gasteiger partial charge in [-0.25, -0.2) is 0 Å². The summed E-state index contributed by atoms with van der Waals surface area (Å²) in [5.41, 5.74) is 6.31. The lowest BCUT2D eigenvalue weighted by atomic mass is 10.2. The minimum atomic E-state index is 0.131. The van der Waals surface area contributed by atoms with E-state index in [4.69, 9.17) is 27.8 Å². The zero-order valence-electron chi connectivity index (χ0n) is 8.07. The molecule has 0 heterocycles. The molecule has 3 nitrogen and oxygen atoms in total. The second-order valence-corrected chi connectivity index (χ2v) is 4.23. The summed E-state index contributed by atoms with van der Waals surface area (Å²) in [5, 5.41) is 8.59. The van der Waals surface area contributed by atoms with Gasteiger partial charge >= 0.3 is 0 Å². The van der Waals surface area contributed by atoms with Gasteiger partial charge in [0, 0.05) is 23.1 Å². The van der Waals surface area contributed by atoms with Crippen LogP contribution >= 0.6 is 28.1 Å². The number of thiocarbonyl (C=S) groups is 1. The second-order valence-electron chi connectivity index (χ2n) is 2.93. The number of ether oxygens (including phenoxy) is 1. The van der Waals surface area contributed by atoms with E-state index in [1.165, 1.54) is 0 Å². The molecule has 5 heteroatoms. The summed E-state index contributed by atoms with van der Waals surface area (Å²) in [6.45, 7) is 0.626. The summed E-state index contributed by atoms with van der Waals surface area (Å²) >= 11 is 8.23. The van der Waals surface area contributed by atoms with Gasteiger partial charge < -0.3 is 15.6 Å². The van der Waals surface area contributed by atoms with E-state index >= 15 is 0 Å². The van der Waals surface area contributed by atoms with E-state index in [0.717, 1.165) is 15.8 Å². The average Bonchev–Trinajstić information content (AvgIpc) is 2.17. The van der Waals surface area contributed by atoms with Crippen LogP contribution < -0.4 is 10.5 Å². The first kappa shape index (κ1) is 12.4. The van der Waals surface area contributed by atoms with Crippen LogP contribution in [0.3, 0.4) is 0 Å². The summed E-state index contributed by atoms with van der Waals surface area (Å²) in [6.07, 6.45) is 0.620. The zero-order valence-corrected chi connectivity index (χ0v) is 10.5. The summed E-state index contributed by atoms with van der Waals surface area (Å²) in [5.74, 6) is 0.732. The first-order chi connectivity index (χ1) is 7.15. The summed E-state index contributed by atoms with van der Waals surface area (Å²) in [6, 6.07) is 5.42. The van der Waals surface area contributed by atoms with Crippen LogP contribution in [-0.4, -0.2) is 23.3 Å². The molecule has 0 bridgehead atoms. The highest BCUT2D eigenvalue weighted by molar-refractivity contribution is 9.10. The summed E-state index contributed by atoms with van der Waals surface area (Å²) in [7, 11) is 0. The number of nitrogens with two attached hydrogens (primary N) is 1. The van der Waals surface area contributed by atoms with Crippen LogP contribution in [0, 0.1) is 0 Å². The highest BCUT2D eigenvalue weighted by Gasteiger charge is 2.04. The molecule has 1 rings (SSSR count). The molecular formula is C10H12BrNO2S. The van der Waals surface area contributed by atoms with Crippen LogP contribution in [-0.2, 0) is 0 Å². The lowest BCUT2D eigenvalue weighted by molar-refractivity contribution is 0.233. The fourth-order valence-corrected chi connectivity index (χ4v) is 1.92. The number of halogens is 1. The number of benzene rings is 1. The molecule has 15 heavy (non-hydrogen) atoms. The van der Waals surface area contributed by atoms with Crippen molar-refractivity contribution in [1.82, 2.24) is 0 Å². The van der Waals surface area contributed by atoms with Crippen molar-refractivity contribution in [3.8, 4) is 5.75 Å². The molecule has 1 aromatic rings. The van der Waals surface area contributed by atoms with E-state index in [1.54, 1.807) is 12.1 Å². The van der Waals surface area contributed by atoms with Gasteiger partial charge in [-0.2, -0.15) is 0 Å². The van der Waals surface area contributed by atoms with Crippen molar-refractivity contribution in [3.05, 3.63) is 28.2 Å². The second kappa shape index (κ2) is 6.05. The molecule has 0 aromatic heterocycles. The summed E-state index contributed by atoms with van der Waals surface area (Å²) in [4.78, 5) is 0.351. The normalized spacial score (nSPS) is 10.0. The number of hydrogen-bond donors (Lipinski definition) is 2. The Morgan fingerprint density at radius 2 is 2.27 bits per heavy atom. The fraction of sp³-hybridized carbons (Fsp3) is 0.300. The monoisotopic (exact) mass is 289 g/mol. The Hall–Kier alpha value is -0.650. The molecule has 0 saturated carbocycles. The molecule has 0 unspecified atom stereocenters. The van der Waals surface area contributed by atoms with Crippen LogP contribution in [0.2, 0.25) is 0 Å². The van der Waals surface area contributed by atoms with Gasteiger partial charge in [-0.05, 0) is 34.1 Å². The van der Waals surface area contributed by atoms with E-state index in [1.807, 2.05) is 6.07 Å². The third kappa shape index (κ3) is 3.77. The maximum atomic E-state index is 8.59. The van der Waals surface area contributed by atoms with E-state index in [9.17, 15) is 0 Å². The van der Waals surface area contributed by atoms with Gasteiger partial charge in [0.1, 0.15) is 10.7 Å². The van der Waals surface area contributed by atoms with Crippen molar-refractivity contribution >= 4 is 33.1 Å². The maximum absolute atomic E-state index is 8.59. The third-order valence-corrected chi connectivity index (χ3v) is 2.65. The molecular weight excluding hydrogens is 278 g/mol. The van der Waals surface area contributed by atoms with Gasteiger partial charge in [-0.1, -0.05) is 12.2 Å². The van der Waals surface area contributed by atoms with Gasteiger partial charge in [0.2, 0.25) is 0 Å². The summed E-state index contributed by atoms with van der Waals surface area (Å²) < 4.78 is 6.20. The molecule has 0 aliphatic carbocycles. The van der Waals surface area contributed by atoms with E-state index in [0.29, 0.717) is 18.0 Å². The molecule has 0 saturated heterocycles. The standard InChI is InChI=1S/C10H12BrNO2S/c11-9-6-7(14-5-1-4-13)2-3-8(9)10(12)15/h2-3,6,13H,1,4-5H2,(H2,12,15). The predicted molar refractivity (Wildman–Crippen MR) is 67.2 cm³/mol. The van der Waals surface area contributed by atoms with Crippen molar-refractivity contribution in [1.29, 1.82) is 0 Å². The molecule has 1 aromatic carbocycles. The zero-order chi connectivity index (χ0) is 11.3. The third-order valence-electron chi connectivity index (χ3n) is 1.78. The minimum absolute atomic E-state index is 0.131. The number of hydrogen-bond acceptors (Lipinski definition) is 3. The number of aliphatic hydroxyl groups is 1. The number of rotatable bonds is 5. The van der Waals surface area contributed by atoms with E-state index in [-0.39, 0.29) is 6.61 Å². The maximum Gasteiger partial charge on any atom is 0.120 e. The van der Waals surface area contributed by atoms with Crippen molar-refractivity contribution in [3.63, 3.8) is 0 Å². The minimum Gasteiger partial charge on any atom is -0.493 e. The van der Waals surface area contributed by atoms with Gasteiger partial charge in [-0.15, -0.1) is 0 Å². The quantitative estimate of drug-likeness (QED) is 0.642. The SMILES string of the molecule is NC(=S)c1ccc(OCCCO)cc1Br. The highest BCUT2D eigenvalue weighted by atomic mass is 79.9. The van der Waals surface area contributed by atoms with E-state index in [2.05, 4.69) is 15.9 Å². The highest BCUT2D eigenvalue weighted by Crippen LogP contribution is 2.23. The Morgan fingerprint density at radius 1 is 1.53 bits per heavy atom. The van der Waals surface area contributed by atoms with Crippen LogP contribution in [0.1, 0.15) is 12.0 Å². The molecule has 0 radical (unpaired) electrons. The van der Waals surface area contributed by atoms with Crippen LogP contribution in [0.5, 0.6) is 5.75 Å². The van der Waals surface area contributed by atoms with Gasteiger partial charge in [-0.3, -0.25) is 0 Å². The predicted octanol–water partition coefficient (Wildman–Crippen LogP) is 1.84. The van der Waals surface area contributed by atoms with Crippen LogP contribution in [0.15, 0.2) is 22.7 Å². The van der Waals surface area contributed by atoms with Crippen molar-refractivity contribution in [2.24, 2.45) is 5.73 Å². The molecule has 0 atom stereocenters. The first-order valence-electron chi connectivity index (χ1n) is 4.48. The average molecular weight is 290 g/mol. The van der Waals surface area contributed by atoms with Crippen molar-refractivity contribution in [2.45, 2.75) is 6.42 Å². The molecule has 0 aliphatic rings. The number of aliphatic hydroxyl groups excluding tert-OH is 1. The van der Waals surface area contributed by atoms with Gasteiger partial charge in [0.05, 0.1) is 6.61 Å². The Bertz CT molecular complexity index is 357. The van der Waals surface area contributed by atoms with Crippen LogP contribution in [0.25, 0.3) is 0 Å². The van der Waals surface area contributed by atoms with Crippen LogP contribution in [0.4, 0.5) is 0 Å². The Balaban J connectivity index is 2.69. The molecule has 0 spiro atoms. The lowest BCUT2D eigenvalue weighted by Gasteiger charge is -2.07. The Kier molecular flexibility index (Phi) is 5.01. The Labute approximate surface area is 102 Å². The Morgan fingerprint density at radius 3 is 2.80 bits per heavy atom. The van der Waals surface area contributed by atoms with E-state index < -0.39 is 0 Å². The van der Waals surface area contributed by atoms with Gasteiger partial charge in [0.25, 0.3) is 0 Å². The van der Waals surface area contributed by atoms with Crippen molar-refractivity contribution < 1.29 is 9.84 Å². The topological polar surface area (TPSA) is 55.5 Å². The van der Waals surface area contributed by atoms with Crippen molar-refractivity contribution in [2.75, 3.05) is 13.2 Å². The molecule has 0 fully saturated rings. The largest absolute Gasteiger partial charge is 0.493 e. The molecule has 0 amide bonds. The van der Waals surface area contributed by atoms with Gasteiger partial charge in [0.15, 0.2) is 0 Å². The molecule has 82 valence electrons. The molecule has 0 aliphatic heterocycles. The smallest absolute Gasteiger partial charge is 0.120 e. The fourth-order valence-electron chi connectivity index (χ4n) is 1.04. The lowest BCUT2D eigenvalue weighted by Crippen LogP contribution is -2.10. The first-order valence-corrected chi connectivity index (χ1v) is 5.68.